The highest BCUT2D eigenvalue weighted by molar-refractivity contribution is 7.95. The van der Waals surface area contributed by atoms with Gasteiger partial charge in [-0.05, 0) is 19.1 Å². The zero-order valence-electron chi connectivity index (χ0n) is 8.38. The number of sulfone groups is 1. The fraction of sp³-hybridized carbons (Fsp3) is 0.273. The van der Waals surface area contributed by atoms with Crippen LogP contribution in [0.3, 0.4) is 0 Å². The molecule has 15 heavy (non-hydrogen) atoms. The summed E-state index contributed by atoms with van der Waals surface area (Å²) in [7, 11) is -3.43. The van der Waals surface area contributed by atoms with E-state index in [4.69, 9.17) is 4.74 Å². The molecule has 3 nitrogen and oxygen atoms in total. The smallest absolute Gasteiger partial charge is 0.204 e. The summed E-state index contributed by atoms with van der Waals surface area (Å²) in [6.45, 7) is 5.43. The van der Waals surface area contributed by atoms with E-state index in [9.17, 15) is 8.42 Å². The minimum absolute atomic E-state index is 0.0315. The molecule has 1 aromatic carbocycles. The van der Waals surface area contributed by atoms with Crippen LogP contribution in [0.4, 0.5) is 0 Å². The number of hydrogen-bond acceptors (Lipinski definition) is 3. The van der Waals surface area contributed by atoms with E-state index in [0.717, 1.165) is 0 Å². The summed E-state index contributed by atoms with van der Waals surface area (Å²) >= 11 is 0. The van der Waals surface area contributed by atoms with Gasteiger partial charge in [0.15, 0.2) is 0 Å². The van der Waals surface area contributed by atoms with Crippen molar-refractivity contribution in [3.05, 3.63) is 41.8 Å². The molecule has 80 valence electrons. The summed E-state index contributed by atoms with van der Waals surface area (Å²) in [5.41, 5.74) is 0. The van der Waals surface area contributed by atoms with Crippen LogP contribution in [0.1, 0.15) is 6.92 Å². The molecule has 0 N–H and O–H groups in total. The van der Waals surface area contributed by atoms with Crippen molar-refractivity contribution in [2.45, 2.75) is 24.0 Å². The molecule has 1 saturated heterocycles. The highest BCUT2D eigenvalue weighted by Crippen LogP contribution is 2.33. The fourth-order valence-corrected chi connectivity index (χ4v) is 2.80. The van der Waals surface area contributed by atoms with Gasteiger partial charge in [-0.2, -0.15) is 0 Å². The van der Waals surface area contributed by atoms with Gasteiger partial charge >= 0.3 is 0 Å². The summed E-state index contributed by atoms with van der Waals surface area (Å²) in [5.74, 6) is 0. The lowest BCUT2D eigenvalue weighted by molar-refractivity contribution is 0.398. The van der Waals surface area contributed by atoms with E-state index >= 15 is 0 Å². The van der Waals surface area contributed by atoms with Crippen molar-refractivity contribution >= 4 is 9.84 Å². The van der Waals surface area contributed by atoms with Gasteiger partial charge in [0.2, 0.25) is 9.84 Å². The molecule has 1 aliphatic rings. The van der Waals surface area contributed by atoms with Gasteiger partial charge in [0, 0.05) is 0 Å². The van der Waals surface area contributed by atoms with Crippen molar-refractivity contribution in [3.8, 4) is 0 Å². The number of ether oxygens (including phenoxy) is 1. The Morgan fingerprint density at radius 2 is 1.87 bits per heavy atom. The number of hydrogen-bond donors (Lipinski definition) is 0. The third kappa shape index (κ3) is 1.82. The molecule has 1 aromatic rings. The predicted octanol–water partition coefficient (Wildman–Crippen LogP) is 1.76. The van der Waals surface area contributed by atoms with E-state index in [1.165, 1.54) is 0 Å². The van der Waals surface area contributed by atoms with Gasteiger partial charge < -0.3 is 4.74 Å². The number of benzene rings is 1. The van der Waals surface area contributed by atoms with E-state index < -0.39 is 9.84 Å². The van der Waals surface area contributed by atoms with Crippen LogP contribution in [0.5, 0.6) is 0 Å². The molecule has 0 aromatic heterocycles. The molecule has 0 saturated carbocycles. The largest absolute Gasteiger partial charge is 0.364 e. The molecule has 2 unspecified atom stereocenters. The highest BCUT2D eigenvalue weighted by atomic mass is 32.2. The van der Waals surface area contributed by atoms with Crippen LogP contribution < -0.4 is 0 Å². The summed E-state index contributed by atoms with van der Waals surface area (Å²) < 4.78 is 29.1. The third-order valence-corrected chi connectivity index (χ3v) is 4.24. The molecule has 2 atom stereocenters. The summed E-state index contributed by atoms with van der Waals surface area (Å²) in [6, 6.07) is 8.29. The fourth-order valence-electron chi connectivity index (χ4n) is 1.43. The van der Waals surface area contributed by atoms with Gasteiger partial charge in [0.05, 0.1) is 15.9 Å². The van der Waals surface area contributed by atoms with Gasteiger partial charge in [-0.25, -0.2) is 8.42 Å². The molecule has 1 heterocycles. The predicted molar refractivity (Wildman–Crippen MR) is 57.1 cm³/mol. The molecule has 0 radical (unpaired) electrons. The van der Waals surface area contributed by atoms with Gasteiger partial charge in [0.1, 0.15) is 6.10 Å². The lowest BCUT2D eigenvalue weighted by Crippen LogP contribution is -2.09. The Bertz CT molecular complexity index is 476. The number of epoxide rings is 1. The number of rotatable bonds is 3. The first-order valence-corrected chi connectivity index (χ1v) is 6.16. The van der Waals surface area contributed by atoms with E-state index in [1.54, 1.807) is 30.3 Å². The van der Waals surface area contributed by atoms with Crippen LogP contribution in [0, 0.1) is 0 Å². The normalized spacial score (nSPS) is 24.9. The summed E-state index contributed by atoms with van der Waals surface area (Å²) in [5, 5.41) is 0. The topological polar surface area (TPSA) is 46.7 Å². The Hall–Kier alpha value is -1.13. The van der Waals surface area contributed by atoms with Crippen LogP contribution in [-0.2, 0) is 14.6 Å². The molecule has 0 amide bonds. The van der Waals surface area contributed by atoms with E-state index in [0.29, 0.717) is 0 Å². The molecule has 4 heteroatoms. The second kappa shape index (κ2) is 3.47. The van der Waals surface area contributed by atoms with Crippen molar-refractivity contribution in [2.75, 3.05) is 0 Å². The Morgan fingerprint density at radius 3 is 2.33 bits per heavy atom. The van der Waals surface area contributed by atoms with E-state index in [-0.39, 0.29) is 22.0 Å². The maximum atomic E-state index is 12.0. The first-order chi connectivity index (χ1) is 7.03. The van der Waals surface area contributed by atoms with Crippen molar-refractivity contribution in [1.29, 1.82) is 0 Å². The molecule has 2 rings (SSSR count). The first kappa shape index (κ1) is 10.4. The molecule has 0 bridgehead atoms. The SMILES string of the molecule is C=C(C1OC1C)S(=O)(=O)c1ccccc1. The van der Waals surface area contributed by atoms with Crippen LogP contribution in [0.15, 0.2) is 46.7 Å². The standard InChI is InChI=1S/C11H12O3S/c1-8-11(14-8)9(2)15(12,13)10-6-4-3-5-7-10/h3-8,11H,2H2,1H3. The molecule has 0 spiro atoms. The maximum absolute atomic E-state index is 12.0. The lowest BCUT2D eigenvalue weighted by Gasteiger charge is -2.04. The maximum Gasteiger partial charge on any atom is 0.204 e. The average Bonchev–Trinajstić information content (AvgIpc) is 2.95. The zero-order chi connectivity index (χ0) is 11.1. The zero-order valence-corrected chi connectivity index (χ0v) is 9.20. The van der Waals surface area contributed by atoms with Gasteiger partial charge in [-0.1, -0.05) is 24.8 Å². The van der Waals surface area contributed by atoms with Crippen molar-refractivity contribution in [1.82, 2.24) is 0 Å². The van der Waals surface area contributed by atoms with Crippen LogP contribution in [0.25, 0.3) is 0 Å². The Kier molecular flexibility index (Phi) is 2.40. The van der Waals surface area contributed by atoms with Crippen molar-refractivity contribution in [3.63, 3.8) is 0 Å². The minimum Gasteiger partial charge on any atom is -0.364 e. The minimum atomic E-state index is -3.43. The summed E-state index contributed by atoms with van der Waals surface area (Å²) in [6.07, 6.45) is -0.369. The van der Waals surface area contributed by atoms with Gasteiger partial charge in [0.25, 0.3) is 0 Å². The molecular weight excluding hydrogens is 212 g/mol. The summed E-state index contributed by atoms with van der Waals surface area (Å²) in [4.78, 5) is 0.430. The molecule has 1 aliphatic heterocycles. The molecule has 1 fully saturated rings. The monoisotopic (exact) mass is 224 g/mol. The average molecular weight is 224 g/mol. The van der Waals surface area contributed by atoms with Crippen molar-refractivity contribution < 1.29 is 13.2 Å². The van der Waals surface area contributed by atoms with E-state index in [1.807, 2.05) is 6.92 Å². The van der Waals surface area contributed by atoms with Crippen molar-refractivity contribution in [2.24, 2.45) is 0 Å². The Balaban J connectivity index is 2.32. The second-order valence-corrected chi connectivity index (χ2v) is 5.55. The Morgan fingerprint density at radius 1 is 1.33 bits per heavy atom. The third-order valence-electron chi connectivity index (χ3n) is 2.43. The Labute approximate surface area is 89.3 Å². The molecule has 0 aliphatic carbocycles. The van der Waals surface area contributed by atoms with Crippen LogP contribution in [0.2, 0.25) is 0 Å². The first-order valence-electron chi connectivity index (χ1n) is 4.68. The highest BCUT2D eigenvalue weighted by Gasteiger charge is 2.42. The van der Waals surface area contributed by atoms with Gasteiger partial charge in [-0.3, -0.25) is 0 Å². The van der Waals surface area contributed by atoms with Crippen LogP contribution in [-0.4, -0.2) is 20.6 Å². The van der Waals surface area contributed by atoms with Crippen LogP contribution >= 0.6 is 0 Å². The van der Waals surface area contributed by atoms with Gasteiger partial charge in [-0.15, -0.1) is 0 Å². The lowest BCUT2D eigenvalue weighted by atomic mass is 10.3. The second-order valence-electron chi connectivity index (χ2n) is 3.54. The molecular formula is C11H12O3S. The quantitative estimate of drug-likeness (QED) is 0.735. The van der Waals surface area contributed by atoms with E-state index in [2.05, 4.69) is 6.58 Å².